The third kappa shape index (κ3) is 4.99. The van der Waals surface area contributed by atoms with Crippen LogP contribution in [0.3, 0.4) is 0 Å². The van der Waals surface area contributed by atoms with Crippen molar-refractivity contribution in [1.29, 1.82) is 0 Å². The average Bonchev–Trinajstić information content (AvgIpc) is 3.65. The molecule has 8 rings (SSSR count). The monoisotopic (exact) mass is 610 g/mol. The van der Waals surface area contributed by atoms with Gasteiger partial charge in [0.2, 0.25) is 0 Å². The molecule has 0 radical (unpaired) electrons. The molecule has 234 valence electrons. The van der Waals surface area contributed by atoms with Crippen molar-refractivity contribution in [3.63, 3.8) is 0 Å². The summed E-state index contributed by atoms with van der Waals surface area (Å²) in [5, 5.41) is 5.35. The largest absolute Gasteiger partial charge is 0.461 e. The van der Waals surface area contributed by atoms with Gasteiger partial charge in [0.1, 0.15) is 29.5 Å². The Morgan fingerprint density at radius 3 is 2.64 bits per heavy atom. The lowest BCUT2D eigenvalue weighted by atomic mass is 9.94. The molecule has 2 aromatic heterocycles. The molecule has 45 heavy (non-hydrogen) atoms. The summed E-state index contributed by atoms with van der Waals surface area (Å²) in [5.74, 6) is 2.09. The van der Waals surface area contributed by atoms with E-state index in [1.54, 1.807) is 12.1 Å². The van der Waals surface area contributed by atoms with E-state index in [0.717, 1.165) is 82.3 Å². The van der Waals surface area contributed by atoms with Gasteiger partial charge in [-0.05, 0) is 69.5 Å². The Morgan fingerprint density at radius 2 is 1.84 bits per heavy atom. The van der Waals surface area contributed by atoms with Gasteiger partial charge in [-0.1, -0.05) is 44.0 Å². The number of piperazine rings is 1. The number of rotatable bonds is 4. The summed E-state index contributed by atoms with van der Waals surface area (Å²) in [6, 6.07) is 8.89. The van der Waals surface area contributed by atoms with Crippen LogP contribution in [0.4, 0.5) is 14.6 Å². The number of terminal acetylenes is 1. The topological polar surface area (TPSA) is 66.4 Å². The molecule has 6 heterocycles. The van der Waals surface area contributed by atoms with Gasteiger partial charge in [0.15, 0.2) is 5.82 Å². The molecular weight excluding hydrogens is 570 g/mol. The number of pyridine rings is 1. The van der Waals surface area contributed by atoms with Crippen LogP contribution in [0.25, 0.3) is 32.9 Å². The summed E-state index contributed by atoms with van der Waals surface area (Å²) in [6.07, 6.45) is 12.8. The van der Waals surface area contributed by atoms with Crippen molar-refractivity contribution in [1.82, 2.24) is 25.2 Å². The van der Waals surface area contributed by atoms with Gasteiger partial charge in [-0.2, -0.15) is 9.97 Å². The molecule has 4 aliphatic heterocycles. The predicted molar refractivity (Wildman–Crippen MR) is 175 cm³/mol. The van der Waals surface area contributed by atoms with Crippen LogP contribution in [0.1, 0.15) is 63.6 Å². The molecular formula is C36H40F2N6O. The standard InChI is InChI=1S/C34H34F2N6O.C2H6/c1-2-23-25(35)12-11-21-7-3-9-24(27(21)23)30-29(36)31-28-26(38-30)10-4-8-22-19-37-15-18-42(22)32(28)40-33(39-31)43-20-34-13-5-16-41(34)17-6-14-34;1-2/h1,3,7,9,11-12,22,37H,4-6,8,10,13-20H2;1-2H3/t22-;/m1./s1. The number of anilines is 1. The lowest BCUT2D eigenvalue weighted by Crippen LogP contribution is -2.52. The van der Waals surface area contributed by atoms with E-state index < -0.39 is 11.6 Å². The van der Waals surface area contributed by atoms with E-state index in [9.17, 15) is 4.39 Å². The van der Waals surface area contributed by atoms with Gasteiger partial charge in [-0.15, -0.1) is 6.42 Å². The summed E-state index contributed by atoms with van der Waals surface area (Å²) in [7, 11) is 0. The van der Waals surface area contributed by atoms with E-state index in [-0.39, 0.29) is 34.4 Å². The van der Waals surface area contributed by atoms with Gasteiger partial charge in [0.25, 0.3) is 0 Å². The normalized spacial score (nSPS) is 20.5. The van der Waals surface area contributed by atoms with Gasteiger partial charge in [0.05, 0.1) is 22.2 Å². The quantitative estimate of drug-likeness (QED) is 0.274. The number of benzene rings is 2. The van der Waals surface area contributed by atoms with Crippen LogP contribution in [0, 0.1) is 24.0 Å². The minimum Gasteiger partial charge on any atom is -0.461 e. The second-order valence-electron chi connectivity index (χ2n) is 12.4. The number of nitrogens with zero attached hydrogens (tertiary/aromatic N) is 5. The van der Waals surface area contributed by atoms with Crippen LogP contribution in [-0.4, -0.2) is 70.8 Å². The number of aromatic nitrogens is 3. The van der Waals surface area contributed by atoms with Crippen molar-refractivity contribution in [2.45, 2.75) is 70.4 Å². The molecule has 0 spiro atoms. The van der Waals surface area contributed by atoms with E-state index in [2.05, 4.69) is 21.0 Å². The van der Waals surface area contributed by atoms with Gasteiger partial charge >= 0.3 is 6.01 Å². The second-order valence-corrected chi connectivity index (χ2v) is 12.4. The lowest BCUT2D eigenvalue weighted by molar-refractivity contribution is 0.108. The molecule has 7 nitrogen and oxygen atoms in total. The maximum Gasteiger partial charge on any atom is 0.319 e. The summed E-state index contributed by atoms with van der Waals surface area (Å²) in [4.78, 5) is 19.5. The fourth-order valence-electron chi connectivity index (χ4n) is 7.99. The number of hydrogen-bond donors (Lipinski definition) is 1. The third-order valence-electron chi connectivity index (χ3n) is 10.1. The van der Waals surface area contributed by atoms with E-state index in [4.69, 9.17) is 26.1 Å². The number of halogens is 2. The van der Waals surface area contributed by atoms with Crippen molar-refractivity contribution >= 4 is 27.5 Å². The zero-order valence-electron chi connectivity index (χ0n) is 26.1. The lowest BCUT2D eigenvalue weighted by Gasteiger charge is -2.39. The molecule has 0 saturated carbocycles. The Balaban J connectivity index is 0.00000160. The number of nitrogens with one attached hydrogen (secondary N) is 1. The predicted octanol–water partition coefficient (Wildman–Crippen LogP) is 6.25. The van der Waals surface area contributed by atoms with Gasteiger partial charge in [-0.25, -0.2) is 13.8 Å². The summed E-state index contributed by atoms with van der Waals surface area (Å²) in [5.41, 5.74) is 1.63. The molecule has 0 bridgehead atoms. The maximum atomic E-state index is 16.9. The molecule has 4 aliphatic rings. The first-order valence-electron chi connectivity index (χ1n) is 16.5. The highest BCUT2D eigenvalue weighted by Crippen LogP contribution is 2.42. The average molecular weight is 611 g/mol. The fraction of sp³-hybridized carbons (Fsp3) is 0.472. The first-order valence-corrected chi connectivity index (χ1v) is 16.5. The van der Waals surface area contributed by atoms with E-state index in [0.29, 0.717) is 35.2 Å². The number of ether oxygens (including phenoxy) is 1. The van der Waals surface area contributed by atoms with Crippen LogP contribution in [0.5, 0.6) is 6.01 Å². The van der Waals surface area contributed by atoms with Crippen molar-refractivity contribution in [3.05, 3.63) is 53.2 Å². The van der Waals surface area contributed by atoms with Gasteiger partial charge in [-0.3, -0.25) is 4.90 Å². The molecule has 1 N–H and O–H groups in total. The van der Waals surface area contributed by atoms with Crippen molar-refractivity contribution in [3.8, 4) is 29.6 Å². The number of aryl methyl sites for hydroxylation is 1. The molecule has 3 fully saturated rings. The molecule has 1 atom stereocenters. The molecule has 0 unspecified atom stereocenters. The van der Waals surface area contributed by atoms with Crippen LogP contribution in [0.15, 0.2) is 30.3 Å². The minimum absolute atomic E-state index is 0.00720. The van der Waals surface area contributed by atoms with Crippen LogP contribution >= 0.6 is 0 Å². The highest BCUT2D eigenvalue weighted by Gasteiger charge is 2.45. The minimum atomic E-state index is -0.569. The summed E-state index contributed by atoms with van der Waals surface area (Å²) >= 11 is 0. The molecule has 9 heteroatoms. The zero-order valence-corrected chi connectivity index (χ0v) is 26.1. The molecule has 4 aromatic rings. The Kier molecular flexibility index (Phi) is 8.05. The SMILES string of the molecule is C#Cc1c(F)ccc2cccc(-c3nc4c5c(nc(OCC67CCCN6CCC7)nc5c3F)N3CCNC[C@H]3CCC4)c12.CC. The maximum absolute atomic E-state index is 16.9. The first kappa shape index (κ1) is 29.8. The van der Waals surface area contributed by atoms with Crippen LogP contribution < -0.4 is 15.0 Å². The Labute approximate surface area is 263 Å². The first-order chi connectivity index (χ1) is 22.1. The number of hydrogen-bond acceptors (Lipinski definition) is 7. The fourth-order valence-corrected chi connectivity index (χ4v) is 7.99. The third-order valence-corrected chi connectivity index (χ3v) is 10.1. The highest BCUT2D eigenvalue weighted by molar-refractivity contribution is 6.02. The Hall–Kier alpha value is -3.87. The summed E-state index contributed by atoms with van der Waals surface area (Å²) < 4.78 is 38.2. The van der Waals surface area contributed by atoms with Crippen molar-refractivity contribution < 1.29 is 13.5 Å². The van der Waals surface area contributed by atoms with Crippen LogP contribution in [0.2, 0.25) is 0 Å². The van der Waals surface area contributed by atoms with E-state index >= 15 is 4.39 Å². The molecule has 0 aliphatic carbocycles. The van der Waals surface area contributed by atoms with Crippen LogP contribution in [-0.2, 0) is 6.42 Å². The molecule has 2 aromatic carbocycles. The molecule has 3 saturated heterocycles. The summed E-state index contributed by atoms with van der Waals surface area (Å²) in [6.45, 7) is 9.09. The smallest absolute Gasteiger partial charge is 0.319 e. The molecule has 0 amide bonds. The second kappa shape index (κ2) is 12.1. The van der Waals surface area contributed by atoms with Crippen molar-refractivity contribution in [2.24, 2.45) is 0 Å². The zero-order chi connectivity index (χ0) is 31.1. The number of fused-ring (bicyclic) bond motifs is 4. The van der Waals surface area contributed by atoms with E-state index in [1.807, 2.05) is 26.0 Å². The highest BCUT2D eigenvalue weighted by atomic mass is 19.1. The van der Waals surface area contributed by atoms with Gasteiger partial charge in [0, 0.05) is 36.6 Å². The van der Waals surface area contributed by atoms with Crippen molar-refractivity contribution in [2.75, 3.05) is 44.2 Å². The Morgan fingerprint density at radius 1 is 1.02 bits per heavy atom. The Bertz CT molecular complexity index is 1790. The van der Waals surface area contributed by atoms with E-state index in [1.165, 1.54) is 6.07 Å². The van der Waals surface area contributed by atoms with Gasteiger partial charge < -0.3 is 15.0 Å².